The van der Waals surface area contributed by atoms with Crippen LogP contribution < -0.4 is 11.3 Å². The van der Waals surface area contributed by atoms with Gasteiger partial charge in [-0.15, -0.1) is 0 Å². The van der Waals surface area contributed by atoms with Gasteiger partial charge in [0.2, 0.25) is 0 Å². The molecule has 0 bridgehead atoms. The monoisotopic (exact) mass is 271 g/mol. The number of nitro groups is 1. The zero-order valence-electron chi connectivity index (χ0n) is 10.6. The van der Waals surface area contributed by atoms with E-state index in [-0.39, 0.29) is 5.69 Å². The molecule has 1 fully saturated rings. The van der Waals surface area contributed by atoms with Gasteiger partial charge in [-0.05, 0) is 12.8 Å². The summed E-state index contributed by atoms with van der Waals surface area (Å²) >= 11 is 0. The molecule has 0 aliphatic heterocycles. The molecule has 0 atom stereocenters. The number of hydrazine groups is 1. The number of aromatic nitrogens is 2. The average molecular weight is 271 g/mol. The second-order valence-electron chi connectivity index (χ2n) is 4.73. The van der Waals surface area contributed by atoms with Gasteiger partial charge in [-0.3, -0.25) is 10.1 Å². The van der Waals surface area contributed by atoms with Crippen molar-refractivity contribution < 1.29 is 4.92 Å². The zero-order valence-corrected chi connectivity index (χ0v) is 10.6. The molecule has 1 heterocycles. The Kier molecular flexibility index (Phi) is 3.03. The average Bonchev–Trinajstić information content (AvgIpc) is 3.31. The lowest BCUT2D eigenvalue weighted by Crippen LogP contribution is -2.10. The third-order valence-corrected chi connectivity index (χ3v) is 3.20. The standard InChI is InChI=1S/C13H13N5O2/c14-17-12-7-11(8-4-5-8)15-13(16-12)9-2-1-3-10(6-9)18(19)20/h1-3,6-8H,4-5,14H2,(H,15,16,17). The summed E-state index contributed by atoms with van der Waals surface area (Å²) in [5, 5.41) is 10.8. The third-order valence-electron chi connectivity index (χ3n) is 3.20. The van der Waals surface area contributed by atoms with Crippen LogP contribution in [0.3, 0.4) is 0 Å². The van der Waals surface area contributed by atoms with E-state index in [4.69, 9.17) is 5.84 Å². The Labute approximate surface area is 115 Å². The molecule has 0 spiro atoms. The van der Waals surface area contributed by atoms with Crippen molar-refractivity contribution in [1.29, 1.82) is 0 Å². The minimum absolute atomic E-state index is 0.0187. The summed E-state index contributed by atoms with van der Waals surface area (Å²) in [6.07, 6.45) is 2.21. The van der Waals surface area contributed by atoms with Crippen molar-refractivity contribution in [3.63, 3.8) is 0 Å². The minimum Gasteiger partial charge on any atom is -0.308 e. The van der Waals surface area contributed by atoms with Crippen molar-refractivity contribution in [3.8, 4) is 11.4 Å². The first-order valence-electron chi connectivity index (χ1n) is 6.28. The fraction of sp³-hybridized carbons (Fsp3) is 0.231. The smallest absolute Gasteiger partial charge is 0.270 e. The molecule has 0 saturated heterocycles. The molecule has 3 N–H and O–H groups in total. The fourth-order valence-electron chi connectivity index (χ4n) is 2.02. The minimum atomic E-state index is -0.434. The van der Waals surface area contributed by atoms with Crippen LogP contribution >= 0.6 is 0 Å². The largest absolute Gasteiger partial charge is 0.308 e. The second kappa shape index (κ2) is 4.86. The number of hydrogen-bond acceptors (Lipinski definition) is 6. The van der Waals surface area contributed by atoms with E-state index in [2.05, 4.69) is 15.4 Å². The lowest BCUT2D eigenvalue weighted by atomic mass is 10.1. The molecule has 2 aromatic rings. The van der Waals surface area contributed by atoms with Gasteiger partial charge in [-0.2, -0.15) is 0 Å². The molecule has 20 heavy (non-hydrogen) atoms. The van der Waals surface area contributed by atoms with Crippen LogP contribution in [0, 0.1) is 10.1 Å². The van der Waals surface area contributed by atoms with Crippen LogP contribution in [0.4, 0.5) is 11.5 Å². The topological polar surface area (TPSA) is 107 Å². The first-order valence-corrected chi connectivity index (χ1v) is 6.28. The Bertz CT molecular complexity index is 670. The molecule has 0 amide bonds. The van der Waals surface area contributed by atoms with Crippen LogP contribution in [0.1, 0.15) is 24.5 Å². The number of non-ortho nitro benzene ring substituents is 1. The third kappa shape index (κ3) is 2.43. The SMILES string of the molecule is NNc1cc(C2CC2)nc(-c2cccc([N+](=O)[O-])c2)n1. The molecular formula is C13H13N5O2. The van der Waals surface area contributed by atoms with E-state index in [0.29, 0.717) is 23.1 Å². The molecule has 1 aromatic heterocycles. The molecule has 1 aliphatic carbocycles. The molecular weight excluding hydrogens is 258 g/mol. The van der Waals surface area contributed by atoms with Crippen LogP contribution in [0.25, 0.3) is 11.4 Å². The first-order chi connectivity index (χ1) is 9.67. The van der Waals surface area contributed by atoms with E-state index in [9.17, 15) is 10.1 Å². The summed E-state index contributed by atoms with van der Waals surface area (Å²) in [5.74, 6) is 6.83. The van der Waals surface area contributed by atoms with Crippen LogP contribution in [-0.4, -0.2) is 14.9 Å². The fourth-order valence-corrected chi connectivity index (χ4v) is 2.02. The number of nitrogens with zero attached hydrogens (tertiary/aromatic N) is 3. The normalized spacial score (nSPS) is 14.1. The summed E-state index contributed by atoms with van der Waals surface area (Å²) in [7, 11) is 0. The second-order valence-corrected chi connectivity index (χ2v) is 4.73. The number of nitrogens with one attached hydrogen (secondary N) is 1. The molecule has 7 nitrogen and oxygen atoms in total. The quantitative estimate of drug-likeness (QED) is 0.501. The number of nitrogen functional groups attached to an aromatic ring is 1. The van der Waals surface area contributed by atoms with E-state index in [1.54, 1.807) is 12.1 Å². The van der Waals surface area contributed by atoms with Gasteiger partial charge >= 0.3 is 0 Å². The highest BCUT2D eigenvalue weighted by Crippen LogP contribution is 2.40. The van der Waals surface area contributed by atoms with Crippen molar-refractivity contribution in [3.05, 3.63) is 46.1 Å². The van der Waals surface area contributed by atoms with Crippen LogP contribution in [0.2, 0.25) is 0 Å². The molecule has 0 radical (unpaired) electrons. The van der Waals surface area contributed by atoms with Gasteiger partial charge in [0.1, 0.15) is 5.82 Å². The Balaban J connectivity index is 2.06. The number of hydrogen-bond donors (Lipinski definition) is 2. The Morgan fingerprint density at radius 2 is 2.10 bits per heavy atom. The highest BCUT2D eigenvalue weighted by atomic mass is 16.6. The maximum absolute atomic E-state index is 10.8. The van der Waals surface area contributed by atoms with Crippen LogP contribution in [-0.2, 0) is 0 Å². The Morgan fingerprint density at radius 1 is 1.30 bits per heavy atom. The lowest BCUT2D eigenvalue weighted by Gasteiger charge is -2.07. The summed E-state index contributed by atoms with van der Waals surface area (Å²) in [4.78, 5) is 19.1. The van der Waals surface area contributed by atoms with Gasteiger partial charge in [-0.1, -0.05) is 12.1 Å². The maximum Gasteiger partial charge on any atom is 0.270 e. The molecule has 1 saturated carbocycles. The van der Waals surface area contributed by atoms with Crippen molar-refractivity contribution in [2.45, 2.75) is 18.8 Å². The van der Waals surface area contributed by atoms with Crippen LogP contribution in [0.15, 0.2) is 30.3 Å². The lowest BCUT2D eigenvalue weighted by molar-refractivity contribution is -0.384. The number of nitro benzene ring substituents is 1. The summed E-state index contributed by atoms with van der Waals surface area (Å²) in [6.45, 7) is 0. The Morgan fingerprint density at radius 3 is 2.75 bits per heavy atom. The molecule has 7 heteroatoms. The van der Waals surface area contributed by atoms with Gasteiger partial charge in [0, 0.05) is 35.4 Å². The Hall–Kier alpha value is -2.54. The van der Waals surface area contributed by atoms with Crippen molar-refractivity contribution >= 4 is 11.5 Å². The molecule has 3 rings (SSSR count). The van der Waals surface area contributed by atoms with E-state index in [1.807, 2.05) is 6.07 Å². The number of nitrogens with two attached hydrogens (primary N) is 1. The highest BCUT2D eigenvalue weighted by molar-refractivity contribution is 5.61. The van der Waals surface area contributed by atoms with Gasteiger partial charge in [0.05, 0.1) is 4.92 Å². The maximum atomic E-state index is 10.8. The van der Waals surface area contributed by atoms with Gasteiger partial charge in [-0.25, -0.2) is 15.8 Å². The predicted molar refractivity (Wildman–Crippen MR) is 73.9 cm³/mol. The van der Waals surface area contributed by atoms with Gasteiger partial charge < -0.3 is 5.43 Å². The van der Waals surface area contributed by atoms with Crippen molar-refractivity contribution in [2.75, 3.05) is 5.43 Å². The number of rotatable bonds is 4. The van der Waals surface area contributed by atoms with Crippen LogP contribution in [0.5, 0.6) is 0 Å². The molecule has 1 aliphatic rings. The molecule has 102 valence electrons. The molecule has 0 unspecified atom stereocenters. The molecule has 1 aromatic carbocycles. The van der Waals surface area contributed by atoms with E-state index in [1.165, 1.54) is 12.1 Å². The van der Waals surface area contributed by atoms with E-state index < -0.39 is 4.92 Å². The van der Waals surface area contributed by atoms with Crippen molar-refractivity contribution in [2.24, 2.45) is 5.84 Å². The first kappa shape index (κ1) is 12.5. The summed E-state index contributed by atoms with van der Waals surface area (Å²) in [6, 6.07) is 8.09. The number of anilines is 1. The van der Waals surface area contributed by atoms with Crippen molar-refractivity contribution in [1.82, 2.24) is 9.97 Å². The summed E-state index contributed by atoms with van der Waals surface area (Å²) < 4.78 is 0. The predicted octanol–water partition coefficient (Wildman–Crippen LogP) is 2.21. The van der Waals surface area contributed by atoms with E-state index >= 15 is 0 Å². The van der Waals surface area contributed by atoms with E-state index in [0.717, 1.165) is 18.5 Å². The highest BCUT2D eigenvalue weighted by Gasteiger charge is 2.26. The summed E-state index contributed by atoms with van der Waals surface area (Å²) in [5.41, 5.74) is 4.07. The van der Waals surface area contributed by atoms with Gasteiger partial charge in [0.15, 0.2) is 5.82 Å². The van der Waals surface area contributed by atoms with Gasteiger partial charge in [0.25, 0.3) is 5.69 Å². The number of benzene rings is 1. The zero-order chi connectivity index (χ0) is 14.1.